The quantitative estimate of drug-likeness (QED) is 0.311. The van der Waals surface area contributed by atoms with Gasteiger partial charge in [-0.25, -0.2) is 22.6 Å². The van der Waals surface area contributed by atoms with Gasteiger partial charge in [0.25, 0.3) is 0 Å². The van der Waals surface area contributed by atoms with Crippen molar-refractivity contribution < 1.29 is 31.5 Å². The van der Waals surface area contributed by atoms with Crippen LogP contribution in [-0.4, -0.2) is 46.1 Å². The minimum absolute atomic E-state index is 0.00543. The summed E-state index contributed by atoms with van der Waals surface area (Å²) in [6.45, 7) is 2.25. The molecule has 0 unspecified atom stereocenters. The van der Waals surface area contributed by atoms with Gasteiger partial charge in [0.05, 0.1) is 21.1 Å². The molecule has 206 valence electrons. The molecule has 0 radical (unpaired) electrons. The van der Waals surface area contributed by atoms with Crippen molar-refractivity contribution >= 4 is 38.5 Å². The molecule has 14 heteroatoms. The smallest absolute Gasteiger partial charge is 0.475 e. The third-order valence-electron chi connectivity index (χ3n) is 5.44. The number of hydrogen-bond acceptors (Lipinski definition) is 5. The van der Waals surface area contributed by atoms with Gasteiger partial charge in [-0.1, -0.05) is 61.0 Å². The molecule has 0 aliphatic carbocycles. The third kappa shape index (κ3) is 6.74. The van der Waals surface area contributed by atoms with E-state index in [0.29, 0.717) is 10.9 Å². The molecule has 39 heavy (non-hydrogen) atoms. The fourth-order valence-electron chi connectivity index (χ4n) is 3.55. The van der Waals surface area contributed by atoms with Crippen LogP contribution in [0.5, 0.6) is 0 Å². The van der Waals surface area contributed by atoms with E-state index in [-0.39, 0.29) is 34.2 Å². The molecule has 3 aromatic carbocycles. The van der Waals surface area contributed by atoms with Crippen LogP contribution in [0.2, 0.25) is 5.02 Å². The SMILES string of the molecule is CCN(Cc1ccccc1)S(=O)(=O)c1ccc(Cl)c(-n2c(=O)[nH]c3ccccc3c2=N)c1.O=C(O)C(F)(F)F. The number of carboxylic acids is 1. The normalized spacial score (nSPS) is 11.7. The topological polar surface area (TPSA) is 136 Å². The van der Waals surface area contributed by atoms with Crippen LogP contribution in [0.3, 0.4) is 0 Å². The van der Waals surface area contributed by atoms with Crippen LogP contribution in [-0.2, 0) is 21.4 Å². The molecule has 0 saturated heterocycles. The van der Waals surface area contributed by atoms with E-state index in [9.17, 15) is 26.4 Å². The number of para-hydroxylation sites is 1. The number of carbonyl (C=O) groups is 1. The molecule has 0 aliphatic rings. The summed E-state index contributed by atoms with van der Waals surface area (Å²) in [5.41, 5.74) is 0.833. The van der Waals surface area contributed by atoms with E-state index in [4.69, 9.17) is 26.9 Å². The monoisotopic (exact) mass is 582 g/mol. The van der Waals surface area contributed by atoms with Crippen molar-refractivity contribution in [3.63, 3.8) is 0 Å². The number of rotatable bonds is 6. The maximum Gasteiger partial charge on any atom is 0.490 e. The number of alkyl halides is 3. The van der Waals surface area contributed by atoms with Crippen molar-refractivity contribution in [1.29, 1.82) is 5.41 Å². The predicted octanol–water partition coefficient (Wildman–Crippen LogP) is 4.30. The van der Waals surface area contributed by atoms with Crippen molar-refractivity contribution in [1.82, 2.24) is 13.9 Å². The van der Waals surface area contributed by atoms with Crippen molar-refractivity contribution in [2.45, 2.75) is 24.5 Å². The fourth-order valence-corrected chi connectivity index (χ4v) is 5.21. The van der Waals surface area contributed by atoms with Gasteiger partial charge in [-0.2, -0.15) is 17.5 Å². The first-order valence-corrected chi connectivity index (χ1v) is 13.0. The number of nitrogens with one attached hydrogen (secondary N) is 2. The standard InChI is InChI=1S/C23H21ClN4O3S.C2HF3O2/c1-2-27(15-16-8-4-3-5-9-16)32(30,31)17-12-13-19(24)21(14-17)28-22(25)18-10-6-7-11-20(18)26-23(28)29;3-2(4,5)1(6)7/h3-14,25H,2,15H2,1H3,(H,26,29);(H,6,7). The first kappa shape index (κ1) is 29.6. The number of sulfonamides is 1. The Morgan fingerprint density at radius 3 is 2.26 bits per heavy atom. The van der Waals surface area contributed by atoms with E-state index in [1.807, 2.05) is 30.3 Å². The van der Waals surface area contributed by atoms with Gasteiger partial charge in [0.1, 0.15) is 5.49 Å². The molecule has 0 atom stereocenters. The van der Waals surface area contributed by atoms with E-state index in [1.54, 1.807) is 31.2 Å². The third-order valence-corrected chi connectivity index (χ3v) is 7.68. The minimum atomic E-state index is -5.08. The summed E-state index contributed by atoms with van der Waals surface area (Å²) in [5, 5.41) is 16.3. The van der Waals surface area contributed by atoms with Gasteiger partial charge in [0, 0.05) is 18.5 Å². The Balaban J connectivity index is 0.000000532. The number of H-pyrrole nitrogens is 1. The highest BCUT2D eigenvalue weighted by atomic mass is 35.5. The van der Waals surface area contributed by atoms with Crippen LogP contribution >= 0.6 is 11.6 Å². The summed E-state index contributed by atoms with van der Waals surface area (Å²) in [5.74, 6) is -2.76. The van der Waals surface area contributed by atoms with Crippen molar-refractivity contribution in [2.24, 2.45) is 0 Å². The van der Waals surface area contributed by atoms with Gasteiger partial charge in [-0.15, -0.1) is 0 Å². The Hall–Kier alpha value is -3.94. The first-order chi connectivity index (χ1) is 18.3. The number of carboxylic acid groups (broad SMARTS) is 1. The fraction of sp³-hybridized carbons (Fsp3) is 0.160. The Kier molecular flexibility index (Phi) is 8.99. The molecule has 0 amide bonds. The van der Waals surface area contributed by atoms with E-state index in [1.165, 1.54) is 22.5 Å². The highest BCUT2D eigenvalue weighted by Crippen LogP contribution is 2.26. The number of aromatic nitrogens is 2. The first-order valence-electron chi connectivity index (χ1n) is 11.2. The van der Waals surface area contributed by atoms with Gasteiger partial charge in [0.15, 0.2) is 0 Å². The van der Waals surface area contributed by atoms with Gasteiger partial charge < -0.3 is 10.1 Å². The summed E-state index contributed by atoms with van der Waals surface area (Å²) in [6.07, 6.45) is -5.08. The lowest BCUT2D eigenvalue weighted by Gasteiger charge is -2.21. The van der Waals surface area contributed by atoms with Crippen LogP contribution in [0.1, 0.15) is 12.5 Å². The zero-order chi connectivity index (χ0) is 29.0. The molecule has 4 rings (SSSR count). The number of aliphatic carboxylic acids is 1. The van der Waals surface area contributed by atoms with E-state index >= 15 is 0 Å². The maximum atomic E-state index is 13.4. The molecule has 0 aliphatic heterocycles. The summed E-state index contributed by atoms with van der Waals surface area (Å²) in [6, 6.07) is 20.4. The van der Waals surface area contributed by atoms with E-state index < -0.39 is 27.9 Å². The van der Waals surface area contributed by atoms with Gasteiger partial charge in [0.2, 0.25) is 10.0 Å². The van der Waals surface area contributed by atoms with Crippen molar-refractivity contribution in [3.05, 3.63) is 99.4 Å². The van der Waals surface area contributed by atoms with Crippen LogP contribution < -0.4 is 11.2 Å². The van der Waals surface area contributed by atoms with Crippen molar-refractivity contribution in [3.8, 4) is 5.69 Å². The van der Waals surface area contributed by atoms with Crippen LogP contribution in [0.15, 0.2) is 82.5 Å². The van der Waals surface area contributed by atoms with Crippen LogP contribution in [0.25, 0.3) is 16.6 Å². The maximum absolute atomic E-state index is 13.4. The Morgan fingerprint density at radius 1 is 1.08 bits per heavy atom. The average molecular weight is 583 g/mol. The van der Waals surface area contributed by atoms with Gasteiger partial charge >= 0.3 is 17.8 Å². The zero-order valence-corrected chi connectivity index (χ0v) is 21.8. The zero-order valence-electron chi connectivity index (χ0n) is 20.2. The highest BCUT2D eigenvalue weighted by molar-refractivity contribution is 7.89. The highest BCUT2D eigenvalue weighted by Gasteiger charge is 2.38. The summed E-state index contributed by atoms with van der Waals surface area (Å²) in [7, 11) is -3.88. The lowest BCUT2D eigenvalue weighted by atomic mass is 10.2. The number of benzene rings is 3. The van der Waals surface area contributed by atoms with Crippen LogP contribution in [0.4, 0.5) is 13.2 Å². The molecule has 1 heterocycles. The molecule has 9 nitrogen and oxygen atoms in total. The average Bonchev–Trinajstić information content (AvgIpc) is 2.88. The summed E-state index contributed by atoms with van der Waals surface area (Å²) >= 11 is 6.35. The molecule has 0 fully saturated rings. The lowest BCUT2D eigenvalue weighted by molar-refractivity contribution is -0.192. The predicted molar refractivity (Wildman–Crippen MR) is 138 cm³/mol. The molecule has 0 spiro atoms. The number of nitrogens with zero attached hydrogens (tertiary/aromatic N) is 2. The second-order valence-electron chi connectivity index (χ2n) is 7.99. The Labute approximate surface area is 225 Å². The Bertz CT molecular complexity index is 1720. The largest absolute Gasteiger partial charge is 0.490 e. The molecule has 0 bridgehead atoms. The number of halogens is 4. The number of fused-ring (bicyclic) bond motifs is 1. The van der Waals surface area contributed by atoms with Crippen molar-refractivity contribution in [2.75, 3.05) is 6.54 Å². The lowest BCUT2D eigenvalue weighted by Crippen LogP contribution is -2.34. The summed E-state index contributed by atoms with van der Waals surface area (Å²) < 4.78 is 60.9. The molecule has 4 aromatic rings. The van der Waals surface area contributed by atoms with Gasteiger partial charge in [-0.05, 0) is 35.9 Å². The minimum Gasteiger partial charge on any atom is -0.475 e. The number of aromatic amines is 1. The molecular formula is C25H22ClF3N4O5S. The second-order valence-corrected chi connectivity index (χ2v) is 10.3. The molecular weight excluding hydrogens is 561 g/mol. The van der Waals surface area contributed by atoms with E-state index in [2.05, 4.69) is 4.98 Å². The molecule has 3 N–H and O–H groups in total. The van der Waals surface area contributed by atoms with E-state index in [0.717, 1.165) is 10.1 Å². The number of hydrogen-bond donors (Lipinski definition) is 3. The van der Waals surface area contributed by atoms with Gasteiger partial charge in [-0.3, -0.25) is 5.41 Å². The Morgan fingerprint density at radius 2 is 1.67 bits per heavy atom. The summed E-state index contributed by atoms with van der Waals surface area (Å²) in [4.78, 5) is 24.4. The molecule has 1 aromatic heterocycles. The molecule has 0 saturated carbocycles. The second kappa shape index (κ2) is 11.8. The van der Waals surface area contributed by atoms with Crippen LogP contribution in [0, 0.1) is 5.41 Å².